The summed E-state index contributed by atoms with van der Waals surface area (Å²) in [5.41, 5.74) is 1.53. The molecule has 3 rings (SSSR count). The molecule has 126 valence electrons. The molecule has 0 N–H and O–H groups in total. The van der Waals surface area contributed by atoms with Gasteiger partial charge in [-0.1, -0.05) is 5.16 Å². The highest BCUT2D eigenvalue weighted by molar-refractivity contribution is 5.98. The number of aryl methyl sites for hydroxylation is 1. The van der Waals surface area contributed by atoms with Gasteiger partial charge < -0.3 is 18.9 Å². The molecule has 7 nitrogen and oxygen atoms in total. The minimum Gasteiger partial charge on any atom is -0.490 e. The summed E-state index contributed by atoms with van der Waals surface area (Å²) in [4.78, 5) is 26.1. The van der Waals surface area contributed by atoms with Crippen LogP contribution in [0.4, 0.5) is 5.69 Å². The third kappa shape index (κ3) is 3.24. The Morgan fingerprint density at radius 3 is 2.88 bits per heavy atom. The van der Waals surface area contributed by atoms with Crippen LogP contribution in [-0.4, -0.2) is 36.8 Å². The van der Waals surface area contributed by atoms with E-state index in [4.69, 9.17) is 14.0 Å². The standard InChI is InChI=1S/C17H18N2O5/c1-3-22-17(21)12-4-5-15-14(9-12)19(6-7-23-15)16(20)10-13-8-11(2)24-18-13/h4-5,8-9H,3,6-7,10H2,1-2H3. The molecule has 0 radical (unpaired) electrons. The van der Waals surface area contributed by atoms with E-state index >= 15 is 0 Å². The fourth-order valence-electron chi connectivity index (χ4n) is 2.57. The Hall–Kier alpha value is -2.83. The molecular formula is C17H18N2O5. The van der Waals surface area contributed by atoms with Crippen LogP contribution in [0.25, 0.3) is 0 Å². The maximum atomic E-state index is 12.6. The van der Waals surface area contributed by atoms with E-state index in [0.29, 0.717) is 48.2 Å². The van der Waals surface area contributed by atoms with Crippen LogP contribution in [0.2, 0.25) is 0 Å². The van der Waals surface area contributed by atoms with Gasteiger partial charge in [-0.05, 0) is 32.0 Å². The van der Waals surface area contributed by atoms with Crippen molar-refractivity contribution in [3.05, 3.63) is 41.3 Å². The molecule has 2 heterocycles. The zero-order valence-electron chi connectivity index (χ0n) is 13.6. The summed E-state index contributed by atoms with van der Waals surface area (Å²) in [7, 11) is 0. The first-order valence-electron chi connectivity index (χ1n) is 7.75. The maximum absolute atomic E-state index is 12.6. The number of benzene rings is 1. The molecule has 0 unspecified atom stereocenters. The lowest BCUT2D eigenvalue weighted by Gasteiger charge is -2.29. The summed E-state index contributed by atoms with van der Waals surface area (Å²) in [5, 5.41) is 3.85. The molecule has 1 aliphatic heterocycles. The number of hydrogen-bond acceptors (Lipinski definition) is 6. The Kier molecular flexibility index (Phi) is 4.50. The van der Waals surface area contributed by atoms with Crippen molar-refractivity contribution < 1.29 is 23.6 Å². The largest absolute Gasteiger partial charge is 0.490 e. The van der Waals surface area contributed by atoms with Crippen LogP contribution in [-0.2, 0) is 16.0 Å². The Morgan fingerprint density at radius 1 is 1.33 bits per heavy atom. The van der Waals surface area contributed by atoms with Gasteiger partial charge in [-0.25, -0.2) is 4.79 Å². The van der Waals surface area contributed by atoms with Crippen LogP contribution in [0.1, 0.15) is 28.7 Å². The molecule has 2 aromatic rings. The number of carbonyl (C=O) groups excluding carboxylic acids is 2. The summed E-state index contributed by atoms with van der Waals surface area (Å²) in [6, 6.07) is 6.67. The first kappa shape index (κ1) is 16.0. The van der Waals surface area contributed by atoms with Gasteiger partial charge in [0, 0.05) is 6.07 Å². The van der Waals surface area contributed by atoms with Crippen molar-refractivity contribution in [3.8, 4) is 5.75 Å². The monoisotopic (exact) mass is 330 g/mol. The van der Waals surface area contributed by atoms with Crippen molar-refractivity contribution in [2.24, 2.45) is 0 Å². The molecule has 1 aliphatic rings. The number of anilines is 1. The van der Waals surface area contributed by atoms with Gasteiger partial charge in [0.2, 0.25) is 5.91 Å². The average molecular weight is 330 g/mol. The van der Waals surface area contributed by atoms with Crippen LogP contribution in [0.15, 0.2) is 28.8 Å². The zero-order chi connectivity index (χ0) is 17.1. The topological polar surface area (TPSA) is 81.9 Å². The second-order valence-electron chi connectivity index (χ2n) is 5.40. The van der Waals surface area contributed by atoms with Crippen molar-refractivity contribution in [3.63, 3.8) is 0 Å². The number of nitrogens with zero attached hydrogens (tertiary/aromatic N) is 2. The van der Waals surface area contributed by atoms with Gasteiger partial charge in [-0.15, -0.1) is 0 Å². The second kappa shape index (κ2) is 6.74. The van der Waals surface area contributed by atoms with Gasteiger partial charge in [0.1, 0.15) is 18.1 Å². The van der Waals surface area contributed by atoms with Crippen LogP contribution >= 0.6 is 0 Å². The minimum absolute atomic E-state index is 0.125. The number of hydrogen-bond donors (Lipinski definition) is 0. The first-order chi connectivity index (χ1) is 11.6. The lowest BCUT2D eigenvalue weighted by Crippen LogP contribution is -2.39. The van der Waals surface area contributed by atoms with E-state index < -0.39 is 5.97 Å². The highest BCUT2D eigenvalue weighted by Crippen LogP contribution is 2.33. The van der Waals surface area contributed by atoms with E-state index in [1.807, 2.05) is 0 Å². The summed E-state index contributed by atoms with van der Waals surface area (Å²) in [6.45, 7) is 4.62. The number of rotatable bonds is 4. The van der Waals surface area contributed by atoms with E-state index in [2.05, 4.69) is 5.16 Å². The molecule has 1 amide bonds. The quantitative estimate of drug-likeness (QED) is 0.799. The van der Waals surface area contributed by atoms with Crippen molar-refractivity contribution in [2.75, 3.05) is 24.7 Å². The van der Waals surface area contributed by atoms with Crippen molar-refractivity contribution in [2.45, 2.75) is 20.3 Å². The molecule has 0 atom stereocenters. The predicted octanol–water partition coefficient (Wildman–Crippen LogP) is 2.13. The molecule has 0 bridgehead atoms. The SMILES string of the molecule is CCOC(=O)c1ccc2c(c1)N(C(=O)Cc1cc(C)on1)CCO2. The summed E-state index contributed by atoms with van der Waals surface area (Å²) >= 11 is 0. The molecule has 1 aromatic carbocycles. The molecule has 7 heteroatoms. The van der Waals surface area contributed by atoms with Gasteiger partial charge in [0.05, 0.1) is 36.5 Å². The number of ether oxygens (including phenoxy) is 2. The summed E-state index contributed by atoms with van der Waals surface area (Å²) in [6.07, 6.45) is 0.125. The van der Waals surface area contributed by atoms with E-state index in [1.54, 1.807) is 43.0 Å². The van der Waals surface area contributed by atoms with Crippen LogP contribution in [0.5, 0.6) is 5.75 Å². The molecule has 0 spiro atoms. The van der Waals surface area contributed by atoms with Gasteiger partial charge >= 0.3 is 5.97 Å². The Balaban J connectivity index is 1.85. The normalized spacial score (nSPS) is 13.2. The highest BCUT2D eigenvalue weighted by atomic mass is 16.5. The third-order valence-corrected chi connectivity index (χ3v) is 3.64. The second-order valence-corrected chi connectivity index (χ2v) is 5.40. The Labute approximate surface area is 139 Å². The lowest BCUT2D eigenvalue weighted by atomic mass is 10.1. The number of aromatic nitrogens is 1. The molecule has 0 fully saturated rings. The predicted molar refractivity (Wildman–Crippen MR) is 85.2 cm³/mol. The van der Waals surface area contributed by atoms with Gasteiger partial charge in [-0.2, -0.15) is 0 Å². The van der Waals surface area contributed by atoms with Crippen molar-refractivity contribution in [1.82, 2.24) is 5.16 Å². The molecular weight excluding hydrogens is 312 g/mol. The van der Waals surface area contributed by atoms with Crippen molar-refractivity contribution in [1.29, 1.82) is 0 Å². The lowest BCUT2D eigenvalue weighted by molar-refractivity contribution is -0.118. The van der Waals surface area contributed by atoms with Crippen LogP contribution in [0.3, 0.4) is 0 Å². The number of carbonyl (C=O) groups is 2. The van der Waals surface area contributed by atoms with Crippen LogP contribution in [0, 0.1) is 6.92 Å². The molecule has 1 aromatic heterocycles. The van der Waals surface area contributed by atoms with E-state index in [1.165, 1.54) is 0 Å². The molecule has 0 saturated heterocycles. The first-order valence-corrected chi connectivity index (χ1v) is 7.75. The zero-order valence-corrected chi connectivity index (χ0v) is 13.6. The molecule has 0 saturated carbocycles. The van der Waals surface area contributed by atoms with E-state index in [9.17, 15) is 9.59 Å². The number of amides is 1. The van der Waals surface area contributed by atoms with Gasteiger partial charge in [0.25, 0.3) is 0 Å². The highest BCUT2D eigenvalue weighted by Gasteiger charge is 2.26. The van der Waals surface area contributed by atoms with Crippen molar-refractivity contribution >= 4 is 17.6 Å². The van der Waals surface area contributed by atoms with E-state index in [-0.39, 0.29) is 12.3 Å². The molecule has 0 aliphatic carbocycles. The third-order valence-electron chi connectivity index (χ3n) is 3.64. The van der Waals surface area contributed by atoms with E-state index in [0.717, 1.165) is 0 Å². The van der Waals surface area contributed by atoms with Gasteiger partial charge in [0.15, 0.2) is 0 Å². The fourth-order valence-corrected chi connectivity index (χ4v) is 2.57. The average Bonchev–Trinajstić information content (AvgIpc) is 2.98. The summed E-state index contributed by atoms with van der Waals surface area (Å²) in [5.74, 6) is 0.669. The fraction of sp³-hybridized carbons (Fsp3) is 0.353. The number of fused-ring (bicyclic) bond motifs is 1. The van der Waals surface area contributed by atoms with Crippen LogP contribution < -0.4 is 9.64 Å². The Morgan fingerprint density at radius 2 is 2.17 bits per heavy atom. The number of esters is 1. The molecule has 24 heavy (non-hydrogen) atoms. The maximum Gasteiger partial charge on any atom is 0.338 e. The minimum atomic E-state index is -0.426. The van der Waals surface area contributed by atoms with Gasteiger partial charge in [-0.3, -0.25) is 4.79 Å². The summed E-state index contributed by atoms with van der Waals surface area (Å²) < 4.78 is 15.6. The smallest absolute Gasteiger partial charge is 0.338 e. The Bertz CT molecular complexity index is 768.